The summed E-state index contributed by atoms with van der Waals surface area (Å²) in [4.78, 5) is 3.15. The first-order valence-corrected chi connectivity index (χ1v) is 6.40. The third kappa shape index (κ3) is 1.56. The summed E-state index contributed by atoms with van der Waals surface area (Å²) in [5.74, 6) is 0. The molecule has 1 aliphatic heterocycles. The Labute approximate surface area is 94.8 Å². The van der Waals surface area contributed by atoms with Crippen LogP contribution in [0, 0.1) is 0 Å². The van der Waals surface area contributed by atoms with Crippen LogP contribution in [-0.4, -0.2) is 18.7 Å². The van der Waals surface area contributed by atoms with Crippen LogP contribution in [0.5, 0.6) is 0 Å². The number of hydrogen-bond donors (Lipinski definition) is 2. The van der Waals surface area contributed by atoms with Gasteiger partial charge in [-0.1, -0.05) is 0 Å². The topological polar surface area (TPSA) is 68.3 Å². The van der Waals surface area contributed by atoms with Crippen LogP contribution >= 0.6 is 0 Å². The van der Waals surface area contributed by atoms with E-state index in [4.69, 9.17) is 4.55 Å². The molecule has 5 heteroatoms. The maximum atomic E-state index is 11.1. The van der Waals surface area contributed by atoms with E-state index in [1.165, 1.54) is 12.1 Å². The van der Waals surface area contributed by atoms with E-state index in [0.717, 1.165) is 17.0 Å². The molecule has 4 nitrogen and oxygen atoms in total. The van der Waals surface area contributed by atoms with Gasteiger partial charge in [-0.15, -0.1) is 0 Å². The van der Waals surface area contributed by atoms with E-state index in [0.29, 0.717) is 0 Å². The largest absolute Gasteiger partial charge is 0.294 e. The van der Waals surface area contributed by atoms with E-state index in [9.17, 15) is 8.42 Å². The Bertz CT molecular complexity index is 585. The highest BCUT2D eigenvalue weighted by molar-refractivity contribution is 7.85. The summed E-state index contributed by atoms with van der Waals surface area (Å²) in [5.41, 5.74) is 2.63. The van der Waals surface area contributed by atoms with Gasteiger partial charge in [0.2, 0.25) is 5.69 Å². The molecule has 0 aromatic heterocycles. The number of hydrogen-bond acceptors (Lipinski definition) is 2. The van der Waals surface area contributed by atoms with E-state index in [-0.39, 0.29) is 10.3 Å². The summed E-state index contributed by atoms with van der Waals surface area (Å²) in [6.45, 7) is 5.98. The summed E-state index contributed by atoms with van der Waals surface area (Å²) >= 11 is 0. The normalized spacial score (nSPS) is 18.1. The second-order valence-electron chi connectivity index (χ2n) is 4.56. The minimum Gasteiger partial charge on any atom is -0.282 e. The molecule has 2 rings (SSSR count). The molecule has 2 N–H and O–H groups in total. The van der Waals surface area contributed by atoms with E-state index in [1.54, 1.807) is 6.07 Å². The predicted octanol–water partition coefficient (Wildman–Crippen LogP) is 0.397. The average Bonchev–Trinajstić information content (AvgIpc) is 2.37. The van der Waals surface area contributed by atoms with Crippen molar-refractivity contribution in [2.24, 2.45) is 0 Å². The molecule has 0 saturated heterocycles. The van der Waals surface area contributed by atoms with Crippen molar-refractivity contribution in [2.75, 3.05) is 0 Å². The smallest absolute Gasteiger partial charge is 0.282 e. The highest BCUT2D eigenvalue weighted by Crippen LogP contribution is 2.32. The Morgan fingerprint density at radius 3 is 2.50 bits per heavy atom. The number of nitrogens with one attached hydrogen (secondary N) is 1. The molecule has 0 spiro atoms. The highest BCUT2D eigenvalue weighted by Gasteiger charge is 2.39. The van der Waals surface area contributed by atoms with Crippen LogP contribution in [-0.2, 0) is 15.5 Å². The van der Waals surface area contributed by atoms with Crippen molar-refractivity contribution in [3.8, 4) is 0 Å². The Kier molecular flexibility index (Phi) is 2.22. The van der Waals surface area contributed by atoms with Crippen molar-refractivity contribution in [3.63, 3.8) is 0 Å². The lowest BCUT2D eigenvalue weighted by Gasteiger charge is -2.15. The minimum absolute atomic E-state index is 0.0594. The second kappa shape index (κ2) is 3.15. The summed E-state index contributed by atoms with van der Waals surface area (Å²) in [5, 5.41) is 0. The molecule has 0 atom stereocenters. The average molecular weight is 240 g/mol. The SMILES string of the molecule is CC1=[NH+]c2ccc(S(=O)(=O)O)cc2C1(C)C. The molecule has 86 valence electrons. The van der Waals surface area contributed by atoms with Gasteiger partial charge in [0.1, 0.15) is 0 Å². The van der Waals surface area contributed by atoms with Crippen LogP contribution < -0.4 is 4.99 Å². The van der Waals surface area contributed by atoms with Crippen molar-refractivity contribution in [1.82, 2.24) is 0 Å². The van der Waals surface area contributed by atoms with Crippen molar-refractivity contribution < 1.29 is 18.0 Å². The van der Waals surface area contributed by atoms with E-state index >= 15 is 0 Å². The molecule has 0 radical (unpaired) electrons. The van der Waals surface area contributed by atoms with E-state index in [2.05, 4.69) is 4.99 Å². The van der Waals surface area contributed by atoms with Gasteiger partial charge in [0, 0.05) is 18.6 Å². The van der Waals surface area contributed by atoms with Gasteiger partial charge in [0.15, 0.2) is 5.71 Å². The predicted molar refractivity (Wildman–Crippen MR) is 60.6 cm³/mol. The van der Waals surface area contributed by atoms with Crippen LogP contribution in [0.1, 0.15) is 26.3 Å². The van der Waals surface area contributed by atoms with Crippen LogP contribution in [0.25, 0.3) is 0 Å². The molecule has 0 unspecified atom stereocenters. The fourth-order valence-corrected chi connectivity index (χ4v) is 2.38. The first kappa shape index (κ1) is 11.3. The van der Waals surface area contributed by atoms with Crippen molar-refractivity contribution >= 4 is 21.5 Å². The van der Waals surface area contributed by atoms with Crippen LogP contribution in [0.3, 0.4) is 0 Å². The Morgan fingerprint density at radius 2 is 1.94 bits per heavy atom. The highest BCUT2D eigenvalue weighted by atomic mass is 32.2. The van der Waals surface area contributed by atoms with Gasteiger partial charge in [-0.05, 0) is 26.0 Å². The van der Waals surface area contributed by atoms with Gasteiger partial charge in [0.05, 0.1) is 10.3 Å². The van der Waals surface area contributed by atoms with Crippen molar-refractivity contribution in [1.29, 1.82) is 0 Å². The van der Waals surface area contributed by atoms with E-state index in [1.807, 2.05) is 20.8 Å². The molecular formula is C11H14NO3S+. The first-order valence-electron chi connectivity index (χ1n) is 4.96. The van der Waals surface area contributed by atoms with Crippen LogP contribution in [0.4, 0.5) is 5.69 Å². The van der Waals surface area contributed by atoms with Crippen LogP contribution in [0.2, 0.25) is 0 Å². The lowest BCUT2D eigenvalue weighted by Crippen LogP contribution is -2.64. The molecule has 1 aliphatic rings. The standard InChI is InChI=1S/C11H13NO3S/c1-7-11(2,3)9-6-8(16(13,14)15)4-5-10(9)12-7/h4-6H,1-3H3,(H,13,14,15)/p+1. The van der Waals surface area contributed by atoms with Gasteiger partial charge in [-0.25, -0.2) is 4.99 Å². The Balaban J connectivity index is 2.66. The molecule has 16 heavy (non-hydrogen) atoms. The van der Waals surface area contributed by atoms with Crippen molar-refractivity contribution in [2.45, 2.75) is 31.1 Å². The van der Waals surface area contributed by atoms with Gasteiger partial charge in [-0.2, -0.15) is 8.42 Å². The minimum atomic E-state index is -4.13. The molecule has 0 aliphatic carbocycles. The zero-order valence-corrected chi connectivity index (χ0v) is 10.2. The number of benzene rings is 1. The number of rotatable bonds is 1. The van der Waals surface area contributed by atoms with E-state index < -0.39 is 10.1 Å². The summed E-state index contributed by atoms with van der Waals surface area (Å²) in [7, 11) is -4.13. The third-order valence-corrected chi connectivity index (χ3v) is 4.07. The zero-order chi connectivity index (χ0) is 12.1. The lowest BCUT2D eigenvalue weighted by atomic mass is 9.82. The summed E-state index contributed by atoms with van der Waals surface area (Å²) in [6, 6.07) is 4.60. The molecule has 0 bridgehead atoms. The molecule has 0 fully saturated rings. The second-order valence-corrected chi connectivity index (χ2v) is 5.98. The number of fused-ring (bicyclic) bond motifs is 1. The van der Waals surface area contributed by atoms with Crippen molar-refractivity contribution in [3.05, 3.63) is 23.8 Å². The van der Waals surface area contributed by atoms with Gasteiger partial charge >= 0.3 is 0 Å². The zero-order valence-electron chi connectivity index (χ0n) is 9.40. The maximum absolute atomic E-state index is 11.1. The van der Waals surface area contributed by atoms with Gasteiger partial charge in [0.25, 0.3) is 10.1 Å². The Hall–Kier alpha value is -1.20. The third-order valence-electron chi connectivity index (χ3n) is 3.22. The van der Waals surface area contributed by atoms with Gasteiger partial charge < -0.3 is 0 Å². The van der Waals surface area contributed by atoms with Gasteiger partial charge in [-0.3, -0.25) is 4.55 Å². The molecule has 0 amide bonds. The molecule has 1 heterocycles. The fraction of sp³-hybridized carbons (Fsp3) is 0.364. The molecular weight excluding hydrogens is 226 g/mol. The maximum Gasteiger partial charge on any atom is 0.294 e. The molecule has 1 aromatic rings. The fourth-order valence-electron chi connectivity index (χ4n) is 1.87. The van der Waals surface area contributed by atoms with Crippen LogP contribution in [0.15, 0.2) is 23.1 Å². The molecule has 0 saturated carbocycles. The molecule has 1 aromatic carbocycles. The lowest BCUT2D eigenvalue weighted by molar-refractivity contribution is -0.351. The first-order chi connectivity index (χ1) is 7.23. The summed E-state index contributed by atoms with van der Waals surface area (Å²) < 4.78 is 31.1. The summed E-state index contributed by atoms with van der Waals surface area (Å²) in [6.07, 6.45) is 0. The monoisotopic (exact) mass is 240 g/mol. The quantitative estimate of drug-likeness (QED) is 0.698. The Morgan fingerprint density at radius 1 is 1.31 bits per heavy atom.